The Labute approximate surface area is 166 Å². The monoisotopic (exact) mass is 437 g/mol. The molecule has 0 unspecified atom stereocenters. The fourth-order valence-corrected chi connectivity index (χ4v) is 4.61. The van der Waals surface area contributed by atoms with E-state index in [4.69, 9.17) is 0 Å². The summed E-state index contributed by atoms with van der Waals surface area (Å²) >= 11 is 5.28. The van der Waals surface area contributed by atoms with E-state index in [9.17, 15) is 4.79 Å². The maximum Gasteiger partial charge on any atom is 0.242 e. The van der Waals surface area contributed by atoms with Crippen molar-refractivity contribution in [1.82, 2.24) is 19.7 Å². The average Bonchev–Trinajstić information content (AvgIpc) is 3.20. The summed E-state index contributed by atoms with van der Waals surface area (Å²) in [6.45, 7) is 2.47. The number of hydrogen-bond acceptors (Lipinski definition) is 3. The normalized spacial score (nSPS) is 14.3. The largest absolute Gasteiger partial charge is 0.352 e. The number of rotatable bonds is 4. The summed E-state index contributed by atoms with van der Waals surface area (Å²) in [5.74, 6) is 0.821. The van der Waals surface area contributed by atoms with Crippen LogP contribution >= 0.6 is 27.3 Å². The number of aryl methyl sites for hydroxylation is 1. The van der Waals surface area contributed by atoms with Gasteiger partial charge in [-0.3, -0.25) is 9.79 Å². The third-order valence-electron chi connectivity index (χ3n) is 4.61. The Hall–Kier alpha value is -1.80. The van der Waals surface area contributed by atoms with Gasteiger partial charge in [-0.2, -0.15) is 0 Å². The van der Waals surface area contributed by atoms with Gasteiger partial charge in [-0.05, 0) is 45.4 Å². The molecule has 0 spiro atoms. The first-order valence-electron chi connectivity index (χ1n) is 8.53. The lowest BCUT2D eigenvalue weighted by atomic mass is 10.1. The molecule has 0 bridgehead atoms. The second kappa shape index (κ2) is 8.26. The van der Waals surface area contributed by atoms with Crippen LogP contribution in [0.25, 0.3) is 0 Å². The number of fused-ring (bicyclic) bond motifs is 1. The summed E-state index contributed by atoms with van der Waals surface area (Å²) < 4.78 is 3.13. The first-order chi connectivity index (χ1) is 12.5. The Morgan fingerprint density at radius 3 is 3.00 bits per heavy atom. The minimum atomic E-state index is 0.109. The van der Waals surface area contributed by atoms with Gasteiger partial charge in [0.2, 0.25) is 5.91 Å². The summed E-state index contributed by atoms with van der Waals surface area (Å²) in [5.41, 5.74) is 2.44. The number of nitrogens with zero attached hydrogens (tertiary/aromatic N) is 4. The predicted molar refractivity (Wildman–Crippen MR) is 109 cm³/mol. The lowest BCUT2D eigenvalue weighted by molar-refractivity contribution is -0.130. The molecule has 26 heavy (non-hydrogen) atoms. The van der Waals surface area contributed by atoms with Crippen LogP contribution in [0.3, 0.4) is 0 Å². The molecular formula is C18H24BrN5OS. The Bertz CT molecular complexity index is 812. The summed E-state index contributed by atoms with van der Waals surface area (Å²) in [7, 11) is 5.73. The second-order valence-electron chi connectivity index (χ2n) is 6.45. The number of guanidine groups is 1. The molecule has 0 aromatic carbocycles. The van der Waals surface area contributed by atoms with E-state index in [1.54, 1.807) is 18.4 Å². The first kappa shape index (κ1) is 19.0. The van der Waals surface area contributed by atoms with Crippen LogP contribution in [0.1, 0.15) is 16.1 Å². The zero-order valence-corrected chi connectivity index (χ0v) is 17.7. The van der Waals surface area contributed by atoms with E-state index in [1.807, 2.05) is 30.1 Å². The molecule has 0 radical (unpaired) electrons. The molecule has 1 aliphatic heterocycles. The SMILES string of the molecule is CN=C(NCC(=O)N1CCc2sccc2C1)N(C)Cc1cc(Br)cn1C. The van der Waals surface area contributed by atoms with E-state index < -0.39 is 0 Å². The van der Waals surface area contributed by atoms with Crippen LogP contribution in [0.2, 0.25) is 0 Å². The molecule has 1 aliphatic rings. The highest BCUT2D eigenvalue weighted by atomic mass is 79.9. The van der Waals surface area contributed by atoms with E-state index in [0.29, 0.717) is 19.0 Å². The summed E-state index contributed by atoms with van der Waals surface area (Å²) in [6, 6.07) is 4.21. The van der Waals surface area contributed by atoms with Gasteiger partial charge >= 0.3 is 0 Å². The molecule has 0 saturated heterocycles. The zero-order chi connectivity index (χ0) is 18.7. The lowest BCUT2D eigenvalue weighted by Gasteiger charge is -2.28. The van der Waals surface area contributed by atoms with Crippen LogP contribution < -0.4 is 5.32 Å². The van der Waals surface area contributed by atoms with Gasteiger partial charge in [-0.1, -0.05) is 0 Å². The Kier molecular flexibility index (Phi) is 6.03. The number of carbonyl (C=O) groups excluding carboxylic acids is 1. The number of thiophene rings is 1. The molecule has 3 heterocycles. The minimum Gasteiger partial charge on any atom is -0.352 e. The van der Waals surface area contributed by atoms with E-state index in [2.05, 4.69) is 48.3 Å². The van der Waals surface area contributed by atoms with E-state index >= 15 is 0 Å². The van der Waals surface area contributed by atoms with Crippen LogP contribution in [0.5, 0.6) is 0 Å². The van der Waals surface area contributed by atoms with E-state index in [0.717, 1.165) is 23.1 Å². The molecule has 0 fully saturated rings. The zero-order valence-electron chi connectivity index (χ0n) is 15.3. The Morgan fingerprint density at radius 2 is 2.31 bits per heavy atom. The molecule has 2 aromatic heterocycles. The lowest BCUT2D eigenvalue weighted by Crippen LogP contribution is -2.46. The van der Waals surface area contributed by atoms with Crippen molar-refractivity contribution in [3.05, 3.63) is 44.3 Å². The van der Waals surface area contributed by atoms with Crippen molar-refractivity contribution in [2.24, 2.45) is 12.0 Å². The van der Waals surface area contributed by atoms with Gasteiger partial charge < -0.3 is 19.7 Å². The average molecular weight is 438 g/mol. The molecule has 1 amide bonds. The topological polar surface area (TPSA) is 52.9 Å². The van der Waals surface area contributed by atoms with Crippen molar-refractivity contribution in [3.8, 4) is 0 Å². The number of carbonyl (C=O) groups is 1. The number of amides is 1. The third kappa shape index (κ3) is 4.29. The molecule has 2 aromatic rings. The molecule has 0 saturated carbocycles. The van der Waals surface area contributed by atoms with Crippen LogP contribution in [0.4, 0.5) is 0 Å². The molecule has 140 valence electrons. The van der Waals surface area contributed by atoms with Gasteiger partial charge in [0.25, 0.3) is 0 Å². The number of nitrogens with one attached hydrogen (secondary N) is 1. The third-order valence-corrected chi connectivity index (χ3v) is 6.06. The van der Waals surface area contributed by atoms with Crippen molar-refractivity contribution in [1.29, 1.82) is 0 Å². The molecule has 6 nitrogen and oxygen atoms in total. The molecule has 3 rings (SSSR count). The smallest absolute Gasteiger partial charge is 0.242 e. The molecule has 1 N–H and O–H groups in total. The predicted octanol–water partition coefficient (Wildman–Crippen LogP) is 2.44. The molecule has 0 aliphatic carbocycles. The standard InChI is InChI=1S/C18H24BrN5OS/c1-20-18(23(3)12-15-8-14(19)11-22(15)2)21-9-17(25)24-6-4-16-13(10-24)5-7-26-16/h5,7-8,11H,4,6,9-10,12H2,1-3H3,(H,20,21). The van der Waals surface area contributed by atoms with Gasteiger partial charge in [0, 0.05) is 55.5 Å². The first-order valence-corrected chi connectivity index (χ1v) is 10.2. The summed E-state index contributed by atoms with van der Waals surface area (Å²) in [4.78, 5) is 22.2. The van der Waals surface area contributed by atoms with Crippen molar-refractivity contribution >= 4 is 39.1 Å². The summed E-state index contributed by atoms with van der Waals surface area (Å²) in [6.07, 6.45) is 2.98. The highest BCUT2D eigenvalue weighted by Crippen LogP contribution is 2.23. The number of hydrogen-bond donors (Lipinski definition) is 1. The highest BCUT2D eigenvalue weighted by molar-refractivity contribution is 9.10. The number of aromatic nitrogens is 1. The van der Waals surface area contributed by atoms with Gasteiger partial charge in [0.05, 0.1) is 13.1 Å². The molecular weight excluding hydrogens is 414 g/mol. The highest BCUT2D eigenvalue weighted by Gasteiger charge is 2.21. The van der Waals surface area contributed by atoms with Crippen LogP contribution in [-0.4, -0.2) is 53.4 Å². The fourth-order valence-electron chi connectivity index (χ4n) is 3.15. The van der Waals surface area contributed by atoms with Gasteiger partial charge in [-0.25, -0.2) is 0 Å². The van der Waals surface area contributed by atoms with Crippen molar-refractivity contribution in [2.75, 3.05) is 27.2 Å². The van der Waals surface area contributed by atoms with Crippen LogP contribution in [0.15, 0.2) is 33.2 Å². The van der Waals surface area contributed by atoms with Gasteiger partial charge in [0.15, 0.2) is 5.96 Å². The van der Waals surface area contributed by atoms with Crippen molar-refractivity contribution in [3.63, 3.8) is 0 Å². The maximum absolute atomic E-state index is 12.6. The molecule has 0 atom stereocenters. The van der Waals surface area contributed by atoms with E-state index in [-0.39, 0.29) is 12.5 Å². The van der Waals surface area contributed by atoms with Crippen molar-refractivity contribution in [2.45, 2.75) is 19.5 Å². The maximum atomic E-state index is 12.6. The number of halogens is 1. The van der Waals surface area contributed by atoms with Crippen LogP contribution in [0, 0.1) is 0 Å². The molecule has 8 heteroatoms. The number of aliphatic imine (C=N–C) groups is 1. The summed E-state index contributed by atoms with van der Waals surface area (Å²) in [5, 5.41) is 5.30. The Morgan fingerprint density at radius 1 is 1.50 bits per heavy atom. The van der Waals surface area contributed by atoms with Crippen molar-refractivity contribution < 1.29 is 4.79 Å². The quantitative estimate of drug-likeness (QED) is 0.590. The van der Waals surface area contributed by atoms with Crippen LogP contribution in [-0.2, 0) is 31.4 Å². The van der Waals surface area contributed by atoms with Gasteiger partial charge in [0.1, 0.15) is 0 Å². The minimum absolute atomic E-state index is 0.109. The Balaban J connectivity index is 1.53. The van der Waals surface area contributed by atoms with Gasteiger partial charge in [-0.15, -0.1) is 11.3 Å². The fraction of sp³-hybridized carbons (Fsp3) is 0.444. The second-order valence-corrected chi connectivity index (χ2v) is 8.37. The van der Waals surface area contributed by atoms with E-state index in [1.165, 1.54) is 10.4 Å².